The van der Waals surface area contributed by atoms with Gasteiger partial charge in [-0.1, -0.05) is 13.8 Å². The molecule has 2 aromatic rings. The predicted molar refractivity (Wildman–Crippen MR) is 83.9 cm³/mol. The van der Waals surface area contributed by atoms with Crippen molar-refractivity contribution in [3.63, 3.8) is 0 Å². The zero-order chi connectivity index (χ0) is 15.0. The maximum absolute atomic E-state index is 4.80. The van der Waals surface area contributed by atoms with Gasteiger partial charge in [0, 0.05) is 29.7 Å². The largest absolute Gasteiger partial charge is 0.313 e. The molecule has 0 saturated carbocycles. The first-order chi connectivity index (χ1) is 9.98. The van der Waals surface area contributed by atoms with Gasteiger partial charge in [-0.25, -0.2) is 9.97 Å². The van der Waals surface area contributed by atoms with Crippen LogP contribution in [0.1, 0.15) is 43.1 Å². The van der Waals surface area contributed by atoms with Gasteiger partial charge >= 0.3 is 0 Å². The Labute approximate surface area is 126 Å². The molecule has 1 aliphatic carbocycles. The highest BCUT2D eigenvalue weighted by Gasteiger charge is 2.32. The van der Waals surface area contributed by atoms with E-state index in [1.807, 2.05) is 31.6 Å². The Morgan fingerprint density at radius 2 is 2.10 bits per heavy atom. The second-order valence-corrected chi connectivity index (χ2v) is 6.70. The first-order valence-corrected chi connectivity index (χ1v) is 7.45. The monoisotopic (exact) mass is 282 g/mol. The van der Waals surface area contributed by atoms with Gasteiger partial charge in [-0.3, -0.25) is 4.98 Å². The van der Waals surface area contributed by atoms with Crippen LogP contribution in [0.4, 0.5) is 0 Å². The van der Waals surface area contributed by atoms with Crippen LogP contribution in [0.3, 0.4) is 0 Å². The van der Waals surface area contributed by atoms with Crippen LogP contribution in [0.15, 0.2) is 24.5 Å². The molecule has 110 valence electrons. The van der Waals surface area contributed by atoms with Crippen molar-refractivity contribution in [1.29, 1.82) is 0 Å². The fraction of sp³-hybridized carbons (Fsp3) is 0.471. The Morgan fingerprint density at radius 3 is 2.81 bits per heavy atom. The summed E-state index contributed by atoms with van der Waals surface area (Å²) in [6.07, 6.45) is 5.88. The van der Waals surface area contributed by atoms with Crippen molar-refractivity contribution in [1.82, 2.24) is 20.3 Å². The summed E-state index contributed by atoms with van der Waals surface area (Å²) in [6.45, 7) is 6.66. The molecule has 0 aromatic carbocycles. The minimum atomic E-state index is 0.256. The van der Waals surface area contributed by atoms with Gasteiger partial charge in [-0.15, -0.1) is 0 Å². The van der Waals surface area contributed by atoms with Crippen molar-refractivity contribution >= 4 is 0 Å². The number of hydrogen-bond acceptors (Lipinski definition) is 4. The zero-order valence-corrected chi connectivity index (χ0v) is 13.1. The maximum Gasteiger partial charge on any atom is 0.178 e. The van der Waals surface area contributed by atoms with Crippen LogP contribution in [-0.2, 0) is 6.42 Å². The van der Waals surface area contributed by atoms with Gasteiger partial charge in [-0.2, -0.15) is 0 Å². The Kier molecular flexibility index (Phi) is 3.49. The summed E-state index contributed by atoms with van der Waals surface area (Å²) in [5.41, 5.74) is 4.66. The molecule has 21 heavy (non-hydrogen) atoms. The third-order valence-electron chi connectivity index (χ3n) is 4.17. The van der Waals surface area contributed by atoms with Gasteiger partial charge < -0.3 is 5.32 Å². The number of aryl methyl sites for hydroxylation is 1. The summed E-state index contributed by atoms with van der Waals surface area (Å²) in [5.74, 6) is 0.727. The average molecular weight is 282 g/mol. The first-order valence-electron chi connectivity index (χ1n) is 7.45. The topological polar surface area (TPSA) is 50.7 Å². The Bertz CT molecular complexity index is 664. The lowest BCUT2D eigenvalue weighted by atomic mass is 9.74. The molecule has 1 atom stereocenters. The molecule has 4 nitrogen and oxygen atoms in total. The molecule has 0 bridgehead atoms. The normalized spacial score (nSPS) is 20.1. The summed E-state index contributed by atoms with van der Waals surface area (Å²) in [7, 11) is 2.01. The number of aromatic nitrogens is 3. The van der Waals surface area contributed by atoms with E-state index in [9.17, 15) is 0 Å². The number of nitrogens with one attached hydrogen (secondary N) is 1. The summed E-state index contributed by atoms with van der Waals surface area (Å²) >= 11 is 0. The summed E-state index contributed by atoms with van der Waals surface area (Å²) in [4.78, 5) is 13.7. The maximum atomic E-state index is 4.80. The molecule has 0 aliphatic heterocycles. The first kappa shape index (κ1) is 14.1. The zero-order valence-electron chi connectivity index (χ0n) is 13.1. The number of hydrogen-bond donors (Lipinski definition) is 1. The van der Waals surface area contributed by atoms with Gasteiger partial charge in [0.25, 0.3) is 0 Å². The lowest BCUT2D eigenvalue weighted by molar-refractivity contribution is 0.260. The van der Waals surface area contributed by atoms with Crippen LogP contribution < -0.4 is 5.32 Å². The highest BCUT2D eigenvalue weighted by atomic mass is 15.0. The van der Waals surface area contributed by atoms with Crippen LogP contribution in [0, 0.1) is 12.3 Å². The molecule has 1 aliphatic rings. The minimum Gasteiger partial charge on any atom is -0.313 e. The van der Waals surface area contributed by atoms with Crippen LogP contribution >= 0.6 is 0 Å². The third kappa shape index (κ3) is 2.81. The van der Waals surface area contributed by atoms with E-state index in [0.29, 0.717) is 6.04 Å². The summed E-state index contributed by atoms with van der Waals surface area (Å²) < 4.78 is 0. The van der Waals surface area contributed by atoms with Crippen molar-refractivity contribution in [2.75, 3.05) is 7.05 Å². The van der Waals surface area contributed by atoms with E-state index in [1.54, 1.807) is 0 Å². The molecule has 3 rings (SSSR count). The molecule has 2 heterocycles. The fourth-order valence-corrected chi connectivity index (χ4v) is 3.09. The fourth-order valence-electron chi connectivity index (χ4n) is 3.09. The molecule has 4 heteroatoms. The molecular formula is C17H22N4. The van der Waals surface area contributed by atoms with Crippen molar-refractivity contribution < 1.29 is 0 Å². The molecule has 1 unspecified atom stereocenters. The summed E-state index contributed by atoms with van der Waals surface area (Å²) in [5, 5.41) is 3.39. The van der Waals surface area contributed by atoms with Crippen LogP contribution in [0.5, 0.6) is 0 Å². The lowest BCUT2D eigenvalue weighted by Crippen LogP contribution is -2.32. The standard InChI is InChI=1S/C17H22N4/c1-11-5-6-19-13(7-11)16-20-10-12-14(18-4)8-17(2,3)9-15(12)21-16/h5-7,10,14,18H,8-9H2,1-4H3. The van der Waals surface area contributed by atoms with Gasteiger partial charge in [0.15, 0.2) is 5.82 Å². The number of pyridine rings is 1. The van der Waals surface area contributed by atoms with Crippen LogP contribution in [0.25, 0.3) is 11.5 Å². The Balaban J connectivity index is 2.05. The minimum absolute atomic E-state index is 0.256. The second-order valence-electron chi connectivity index (χ2n) is 6.70. The highest BCUT2D eigenvalue weighted by molar-refractivity contribution is 5.51. The third-order valence-corrected chi connectivity index (χ3v) is 4.17. The quantitative estimate of drug-likeness (QED) is 0.919. The van der Waals surface area contributed by atoms with Crippen molar-refractivity contribution in [2.24, 2.45) is 5.41 Å². The smallest absolute Gasteiger partial charge is 0.178 e. The van der Waals surface area contributed by atoms with Crippen molar-refractivity contribution in [3.05, 3.63) is 41.3 Å². The highest BCUT2D eigenvalue weighted by Crippen LogP contribution is 2.39. The molecule has 0 spiro atoms. The van der Waals surface area contributed by atoms with E-state index in [-0.39, 0.29) is 5.41 Å². The van der Waals surface area contributed by atoms with E-state index in [2.05, 4.69) is 36.1 Å². The molecule has 0 amide bonds. The molecule has 0 saturated heterocycles. The van der Waals surface area contributed by atoms with Crippen LogP contribution in [0.2, 0.25) is 0 Å². The molecule has 0 fully saturated rings. The Morgan fingerprint density at radius 1 is 1.29 bits per heavy atom. The van der Waals surface area contributed by atoms with E-state index in [0.717, 1.165) is 30.1 Å². The van der Waals surface area contributed by atoms with Gasteiger partial charge in [0.2, 0.25) is 0 Å². The van der Waals surface area contributed by atoms with E-state index in [4.69, 9.17) is 4.98 Å². The second kappa shape index (κ2) is 5.19. The lowest BCUT2D eigenvalue weighted by Gasteiger charge is -2.36. The number of rotatable bonds is 2. The number of nitrogens with zero attached hydrogens (tertiary/aromatic N) is 3. The van der Waals surface area contributed by atoms with Crippen LogP contribution in [-0.4, -0.2) is 22.0 Å². The molecular weight excluding hydrogens is 260 g/mol. The Hall–Kier alpha value is -1.81. The van der Waals surface area contributed by atoms with E-state index >= 15 is 0 Å². The molecule has 1 N–H and O–H groups in total. The SMILES string of the molecule is CNC1CC(C)(C)Cc2nc(-c3cc(C)ccn3)ncc21. The molecule has 2 aromatic heterocycles. The van der Waals surface area contributed by atoms with Crippen molar-refractivity contribution in [2.45, 2.75) is 39.7 Å². The molecule has 0 radical (unpaired) electrons. The number of fused-ring (bicyclic) bond motifs is 1. The summed E-state index contributed by atoms with van der Waals surface area (Å²) in [6, 6.07) is 4.36. The predicted octanol–water partition coefficient (Wildman–Crippen LogP) is 3.08. The van der Waals surface area contributed by atoms with Gasteiger partial charge in [0.1, 0.15) is 5.69 Å². The van der Waals surface area contributed by atoms with Gasteiger partial charge in [-0.05, 0) is 49.9 Å². The van der Waals surface area contributed by atoms with E-state index < -0.39 is 0 Å². The van der Waals surface area contributed by atoms with Gasteiger partial charge in [0.05, 0.1) is 0 Å². The van der Waals surface area contributed by atoms with Crippen molar-refractivity contribution in [3.8, 4) is 11.5 Å². The average Bonchev–Trinajstić information content (AvgIpc) is 2.44. The van der Waals surface area contributed by atoms with E-state index in [1.165, 1.54) is 11.1 Å².